The molecule has 2 aromatic rings. The van der Waals surface area contributed by atoms with Gasteiger partial charge in [0.25, 0.3) is 0 Å². The van der Waals surface area contributed by atoms with E-state index in [0.717, 1.165) is 5.56 Å². The van der Waals surface area contributed by atoms with Gasteiger partial charge in [0.1, 0.15) is 11.6 Å². The Kier molecular flexibility index (Phi) is 4.37. The minimum absolute atomic E-state index is 0.106. The summed E-state index contributed by atoms with van der Waals surface area (Å²) in [5, 5.41) is 12.3. The molecule has 0 fully saturated rings. The van der Waals surface area contributed by atoms with Crippen molar-refractivity contribution in [3.05, 3.63) is 46.9 Å². The first-order chi connectivity index (χ1) is 9.61. The van der Waals surface area contributed by atoms with Gasteiger partial charge in [0.2, 0.25) is 0 Å². The van der Waals surface area contributed by atoms with E-state index in [9.17, 15) is 4.79 Å². The summed E-state index contributed by atoms with van der Waals surface area (Å²) in [6.45, 7) is 0.393. The number of rotatable bonds is 5. The summed E-state index contributed by atoms with van der Waals surface area (Å²) < 4.78 is 5.23. The van der Waals surface area contributed by atoms with E-state index in [1.807, 2.05) is 6.07 Å². The SMILES string of the molecule is COc1cccc(Cl)c1CNc1cnc(C(=O)O)cn1. The van der Waals surface area contributed by atoms with Crippen LogP contribution in [0, 0.1) is 0 Å². The molecule has 1 aromatic heterocycles. The predicted molar refractivity (Wildman–Crippen MR) is 74.3 cm³/mol. The van der Waals surface area contributed by atoms with E-state index in [4.69, 9.17) is 21.4 Å². The van der Waals surface area contributed by atoms with Gasteiger partial charge < -0.3 is 15.2 Å². The average molecular weight is 294 g/mol. The highest BCUT2D eigenvalue weighted by molar-refractivity contribution is 6.31. The van der Waals surface area contributed by atoms with Crippen LogP contribution in [-0.2, 0) is 6.54 Å². The van der Waals surface area contributed by atoms with Crippen LogP contribution < -0.4 is 10.1 Å². The number of aromatic carboxylic acids is 1. The molecule has 2 rings (SSSR count). The quantitative estimate of drug-likeness (QED) is 0.881. The lowest BCUT2D eigenvalue weighted by atomic mass is 10.2. The van der Waals surface area contributed by atoms with Gasteiger partial charge in [-0.1, -0.05) is 17.7 Å². The lowest BCUT2D eigenvalue weighted by Gasteiger charge is -2.11. The first-order valence-electron chi connectivity index (χ1n) is 5.72. The van der Waals surface area contributed by atoms with Crippen LogP contribution in [0.4, 0.5) is 5.82 Å². The highest BCUT2D eigenvalue weighted by Crippen LogP contribution is 2.26. The highest BCUT2D eigenvalue weighted by atomic mass is 35.5. The summed E-state index contributed by atoms with van der Waals surface area (Å²) in [7, 11) is 1.57. The molecule has 1 heterocycles. The Morgan fingerprint density at radius 3 is 2.80 bits per heavy atom. The summed E-state index contributed by atoms with van der Waals surface area (Å²) in [5.74, 6) is 0.00825. The summed E-state index contributed by atoms with van der Waals surface area (Å²) >= 11 is 6.11. The first kappa shape index (κ1) is 14.1. The number of nitrogens with one attached hydrogen (secondary N) is 1. The molecule has 0 unspecified atom stereocenters. The van der Waals surface area contributed by atoms with Gasteiger partial charge in [0.15, 0.2) is 5.69 Å². The molecule has 0 bridgehead atoms. The van der Waals surface area contributed by atoms with Gasteiger partial charge in [-0.2, -0.15) is 0 Å². The maximum Gasteiger partial charge on any atom is 0.356 e. The van der Waals surface area contributed by atoms with Crippen LogP contribution in [0.1, 0.15) is 16.1 Å². The van der Waals surface area contributed by atoms with Gasteiger partial charge in [0, 0.05) is 17.1 Å². The van der Waals surface area contributed by atoms with Gasteiger partial charge in [-0.15, -0.1) is 0 Å². The van der Waals surface area contributed by atoms with Gasteiger partial charge in [-0.05, 0) is 12.1 Å². The lowest BCUT2D eigenvalue weighted by Crippen LogP contribution is -2.06. The molecule has 104 valence electrons. The van der Waals surface area contributed by atoms with Crippen LogP contribution in [-0.4, -0.2) is 28.2 Å². The van der Waals surface area contributed by atoms with Crippen molar-refractivity contribution in [2.45, 2.75) is 6.54 Å². The smallest absolute Gasteiger partial charge is 0.356 e. The molecule has 0 aliphatic rings. The number of methoxy groups -OCH3 is 1. The molecular formula is C13H12ClN3O3. The number of carbonyl (C=O) groups is 1. The summed E-state index contributed by atoms with van der Waals surface area (Å²) in [6.07, 6.45) is 2.54. The van der Waals surface area contributed by atoms with Crippen molar-refractivity contribution in [1.82, 2.24) is 9.97 Å². The van der Waals surface area contributed by atoms with Crippen LogP contribution in [0.5, 0.6) is 5.75 Å². The van der Waals surface area contributed by atoms with Crippen LogP contribution in [0.25, 0.3) is 0 Å². The molecular weight excluding hydrogens is 282 g/mol. The molecule has 7 heteroatoms. The van der Waals surface area contributed by atoms with Crippen molar-refractivity contribution < 1.29 is 14.6 Å². The molecule has 20 heavy (non-hydrogen) atoms. The molecule has 0 amide bonds. The zero-order valence-electron chi connectivity index (χ0n) is 10.6. The topological polar surface area (TPSA) is 84.3 Å². The number of hydrogen-bond donors (Lipinski definition) is 2. The van der Waals surface area contributed by atoms with E-state index in [1.54, 1.807) is 19.2 Å². The van der Waals surface area contributed by atoms with Crippen molar-refractivity contribution >= 4 is 23.4 Å². The fourth-order valence-electron chi connectivity index (χ4n) is 1.61. The Bertz CT molecular complexity index is 617. The standard InChI is InChI=1S/C13H12ClN3O3/c1-20-11-4-2-3-9(14)8(11)5-16-12-7-15-10(6-17-12)13(18)19/h2-4,6-7H,5H2,1H3,(H,16,17)(H,18,19). The number of aromatic nitrogens is 2. The number of anilines is 1. The van der Waals surface area contributed by atoms with Crippen molar-refractivity contribution in [3.8, 4) is 5.75 Å². The maximum atomic E-state index is 10.7. The highest BCUT2D eigenvalue weighted by Gasteiger charge is 2.08. The Hall–Kier alpha value is -2.34. The van der Waals surface area contributed by atoms with Crippen LogP contribution in [0.3, 0.4) is 0 Å². The third-order valence-electron chi connectivity index (χ3n) is 2.61. The van der Waals surface area contributed by atoms with Crippen LogP contribution in [0.15, 0.2) is 30.6 Å². The number of hydrogen-bond acceptors (Lipinski definition) is 5. The molecule has 0 atom stereocenters. The molecule has 0 saturated heterocycles. The van der Waals surface area contributed by atoms with E-state index in [1.165, 1.54) is 12.4 Å². The second-order valence-corrected chi connectivity index (χ2v) is 4.27. The second kappa shape index (κ2) is 6.21. The minimum Gasteiger partial charge on any atom is -0.496 e. The lowest BCUT2D eigenvalue weighted by molar-refractivity contribution is 0.0690. The van der Waals surface area contributed by atoms with Gasteiger partial charge in [-0.25, -0.2) is 14.8 Å². The van der Waals surface area contributed by atoms with Crippen LogP contribution >= 0.6 is 11.6 Å². The molecule has 0 spiro atoms. The van der Waals surface area contributed by atoms with E-state index in [2.05, 4.69) is 15.3 Å². The normalized spacial score (nSPS) is 10.1. The first-order valence-corrected chi connectivity index (χ1v) is 6.10. The molecule has 0 aliphatic heterocycles. The number of halogens is 1. The Morgan fingerprint density at radius 1 is 1.40 bits per heavy atom. The second-order valence-electron chi connectivity index (χ2n) is 3.87. The molecule has 2 N–H and O–H groups in total. The van der Waals surface area contributed by atoms with Gasteiger partial charge >= 0.3 is 5.97 Å². The van der Waals surface area contributed by atoms with E-state index < -0.39 is 5.97 Å². The van der Waals surface area contributed by atoms with Crippen LogP contribution in [0.2, 0.25) is 5.02 Å². The third kappa shape index (κ3) is 3.16. The Balaban J connectivity index is 2.11. The number of nitrogens with zero attached hydrogens (tertiary/aromatic N) is 2. The number of benzene rings is 1. The fourth-order valence-corrected chi connectivity index (χ4v) is 1.84. The molecule has 1 aromatic carbocycles. The van der Waals surface area contributed by atoms with Gasteiger partial charge in [-0.3, -0.25) is 0 Å². The Labute approximate surface area is 120 Å². The van der Waals surface area contributed by atoms with Crippen molar-refractivity contribution in [1.29, 1.82) is 0 Å². The minimum atomic E-state index is -1.11. The number of ether oxygens (including phenoxy) is 1. The molecule has 0 saturated carbocycles. The largest absolute Gasteiger partial charge is 0.496 e. The molecule has 6 nitrogen and oxygen atoms in total. The van der Waals surface area contributed by atoms with Crippen molar-refractivity contribution in [2.75, 3.05) is 12.4 Å². The monoisotopic (exact) mass is 293 g/mol. The average Bonchev–Trinajstić information content (AvgIpc) is 2.46. The molecule has 0 radical (unpaired) electrons. The fraction of sp³-hybridized carbons (Fsp3) is 0.154. The zero-order chi connectivity index (χ0) is 14.5. The van der Waals surface area contributed by atoms with Crippen molar-refractivity contribution in [2.24, 2.45) is 0 Å². The van der Waals surface area contributed by atoms with E-state index in [-0.39, 0.29) is 5.69 Å². The number of carboxylic acids is 1. The van der Waals surface area contributed by atoms with Crippen molar-refractivity contribution in [3.63, 3.8) is 0 Å². The summed E-state index contributed by atoms with van der Waals surface area (Å²) in [4.78, 5) is 18.4. The zero-order valence-corrected chi connectivity index (χ0v) is 11.4. The Morgan fingerprint density at radius 2 is 2.20 bits per heavy atom. The predicted octanol–water partition coefficient (Wildman–Crippen LogP) is 2.45. The van der Waals surface area contributed by atoms with E-state index >= 15 is 0 Å². The third-order valence-corrected chi connectivity index (χ3v) is 2.97. The number of carboxylic acid groups (broad SMARTS) is 1. The summed E-state index contributed by atoms with van der Waals surface area (Å²) in [5.41, 5.74) is 0.687. The molecule has 0 aliphatic carbocycles. The maximum absolute atomic E-state index is 10.7. The van der Waals surface area contributed by atoms with E-state index in [0.29, 0.717) is 23.1 Å². The van der Waals surface area contributed by atoms with Gasteiger partial charge in [0.05, 0.1) is 19.5 Å². The summed E-state index contributed by atoms with van der Waals surface area (Å²) in [6, 6.07) is 5.37.